The highest BCUT2D eigenvalue weighted by Crippen LogP contribution is 2.59. The molecule has 0 aliphatic heterocycles. The molecular weight excluding hydrogens is 275 g/mol. The Labute approximate surface area is 115 Å². The summed E-state index contributed by atoms with van der Waals surface area (Å²) in [6.45, 7) is 3.57. The van der Waals surface area contributed by atoms with Crippen molar-refractivity contribution >= 4 is 35.0 Å². The molecule has 1 fully saturated rings. The predicted molar refractivity (Wildman–Crippen MR) is 69.2 cm³/mol. The molecule has 1 aromatic carbocycles. The van der Waals surface area contributed by atoms with Crippen molar-refractivity contribution in [2.45, 2.75) is 13.8 Å². The van der Waals surface area contributed by atoms with Crippen LogP contribution in [0.15, 0.2) is 18.2 Å². The summed E-state index contributed by atoms with van der Waals surface area (Å²) in [5.74, 6) is -2.24. The number of carbonyl (C=O) groups is 2. The molecule has 1 saturated carbocycles. The largest absolute Gasteiger partial charge is 0.481 e. The second-order valence-corrected chi connectivity index (χ2v) is 5.92. The zero-order chi connectivity index (χ0) is 13.7. The van der Waals surface area contributed by atoms with Crippen molar-refractivity contribution < 1.29 is 14.7 Å². The smallest absolute Gasteiger partial charge is 0.307 e. The number of aliphatic carboxylic acids is 1. The third-order valence-corrected chi connectivity index (χ3v) is 4.32. The molecular formula is C13H12Cl2O3. The van der Waals surface area contributed by atoms with Gasteiger partial charge in [-0.05, 0) is 23.6 Å². The Kier molecular flexibility index (Phi) is 3.16. The molecule has 2 rings (SSSR count). The van der Waals surface area contributed by atoms with E-state index >= 15 is 0 Å². The van der Waals surface area contributed by atoms with Crippen LogP contribution in [0.4, 0.5) is 0 Å². The highest BCUT2D eigenvalue weighted by molar-refractivity contribution is 6.42. The second-order valence-electron chi connectivity index (χ2n) is 5.11. The van der Waals surface area contributed by atoms with Crippen LogP contribution in [-0.2, 0) is 4.79 Å². The standard InChI is InChI=1S/C13H12Cl2O3/c1-13(2)9(10(13)12(17)18)11(16)6-3-4-7(14)8(15)5-6/h3-5,9-10H,1-2H3,(H,17,18)/t9-,10-/m0/s1. The van der Waals surface area contributed by atoms with Crippen molar-refractivity contribution in [1.29, 1.82) is 0 Å². The lowest BCUT2D eigenvalue weighted by molar-refractivity contribution is -0.139. The highest BCUT2D eigenvalue weighted by atomic mass is 35.5. The van der Waals surface area contributed by atoms with Crippen LogP contribution in [0, 0.1) is 17.3 Å². The fourth-order valence-electron chi connectivity index (χ4n) is 2.42. The minimum absolute atomic E-state index is 0.189. The van der Waals surface area contributed by atoms with Gasteiger partial charge in [0.15, 0.2) is 5.78 Å². The van der Waals surface area contributed by atoms with Crippen LogP contribution in [0.5, 0.6) is 0 Å². The number of rotatable bonds is 3. The average molecular weight is 287 g/mol. The molecule has 0 saturated heterocycles. The summed E-state index contributed by atoms with van der Waals surface area (Å²) in [5, 5.41) is 9.73. The number of carboxylic acid groups (broad SMARTS) is 1. The van der Waals surface area contributed by atoms with Gasteiger partial charge in [-0.3, -0.25) is 9.59 Å². The molecule has 0 amide bonds. The first-order chi connectivity index (χ1) is 8.26. The molecule has 0 aromatic heterocycles. The van der Waals surface area contributed by atoms with Gasteiger partial charge in [-0.1, -0.05) is 37.0 Å². The number of halogens is 2. The number of Topliss-reactive ketones (excluding diaryl/α,β-unsaturated/α-hetero) is 1. The normalized spacial score (nSPS) is 24.7. The van der Waals surface area contributed by atoms with Crippen LogP contribution < -0.4 is 0 Å². The highest BCUT2D eigenvalue weighted by Gasteiger charge is 2.65. The lowest BCUT2D eigenvalue weighted by Gasteiger charge is -2.03. The number of carbonyl (C=O) groups excluding carboxylic acids is 1. The molecule has 1 N–H and O–H groups in total. The van der Waals surface area contributed by atoms with Crippen LogP contribution >= 0.6 is 23.2 Å². The van der Waals surface area contributed by atoms with Crippen LogP contribution in [0.3, 0.4) is 0 Å². The summed E-state index contributed by atoms with van der Waals surface area (Å²) < 4.78 is 0. The Hall–Kier alpha value is -1.06. The first-order valence-electron chi connectivity index (χ1n) is 5.49. The first-order valence-corrected chi connectivity index (χ1v) is 6.24. The SMILES string of the molecule is CC1(C)[C@H](C(=O)O)[C@H]1C(=O)c1ccc(Cl)c(Cl)c1. The third kappa shape index (κ3) is 2.02. The van der Waals surface area contributed by atoms with Crippen molar-refractivity contribution in [3.63, 3.8) is 0 Å². The number of ketones is 1. The van der Waals surface area contributed by atoms with Crippen molar-refractivity contribution in [1.82, 2.24) is 0 Å². The van der Waals surface area contributed by atoms with Gasteiger partial charge in [0.05, 0.1) is 16.0 Å². The van der Waals surface area contributed by atoms with Crippen molar-refractivity contribution in [3.8, 4) is 0 Å². The van der Waals surface area contributed by atoms with Gasteiger partial charge in [-0.25, -0.2) is 0 Å². The molecule has 1 aliphatic rings. The predicted octanol–water partition coefficient (Wildman–Crippen LogP) is 3.53. The van der Waals surface area contributed by atoms with Gasteiger partial charge in [-0.2, -0.15) is 0 Å². The number of carboxylic acids is 1. The molecule has 2 atom stereocenters. The molecule has 1 aromatic rings. The fourth-order valence-corrected chi connectivity index (χ4v) is 2.72. The minimum atomic E-state index is -0.932. The first kappa shape index (κ1) is 13.4. The fraction of sp³-hybridized carbons (Fsp3) is 0.385. The molecule has 3 nitrogen and oxygen atoms in total. The van der Waals surface area contributed by atoms with Gasteiger partial charge in [0.2, 0.25) is 0 Å². The van der Waals surface area contributed by atoms with E-state index in [2.05, 4.69) is 0 Å². The van der Waals surface area contributed by atoms with Crippen molar-refractivity contribution in [2.75, 3.05) is 0 Å². The molecule has 18 heavy (non-hydrogen) atoms. The van der Waals surface area contributed by atoms with Crippen LogP contribution in [0.2, 0.25) is 10.0 Å². The monoisotopic (exact) mass is 286 g/mol. The lowest BCUT2D eigenvalue weighted by atomic mass is 10.0. The van der Waals surface area contributed by atoms with Gasteiger partial charge in [0, 0.05) is 11.5 Å². The van der Waals surface area contributed by atoms with Crippen LogP contribution in [0.1, 0.15) is 24.2 Å². The summed E-state index contributed by atoms with van der Waals surface area (Å²) in [7, 11) is 0. The summed E-state index contributed by atoms with van der Waals surface area (Å²) in [4.78, 5) is 23.3. The molecule has 0 bridgehead atoms. The Morgan fingerprint density at radius 1 is 1.17 bits per heavy atom. The molecule has 0 radical (unpaired) electrons. The van der Waals surface area contributed by atoms with E-state index in [0.29, 0.717) is 15.6 Å². The van der Waals surface area contributed by atoms with Crippen LogP contribution in [0.25, 0.3) is 0 Å². The molecule has 5 heteroatoms. The van der Waals surface area contributed by atoms with Gasteiger partial charge in [0.25, 0.3) is 0 Å². The topological polar surface area (TPSA) is 54.4 Å². The van der Waals surface area contributed by atoms with Gasteiger partial charge in [-0.15, -0.1) is 0 Å². The maximum absolute atomic E-state index is 12.2. The third-order valence-electron chi connectivity index (χ3n) is 3.58. The van der Waals surface area contributed by atoms with Crippen LogP contribution in [-0.4, -0.2) is 16.9 Å². The molecule has 0 heterocycles. The molecule has 1 aliphatic carbocycles. The van der Waals surface area contributed by atoms with Crippen molar-refractivity contribution in [3.05, 3.63) is 33.8 Å². The Morgan fingerprint density at radius 3 is 2.22 bits per heavy atom. The number of benzene rings is 1. The zero-order valence-corrected chi connectivity index (χ0v) is 11.4. The van der Waals surface area contributed by atoms with Crippen molar-refractivity contribution in [2.24, 2.45) is 17.3 Å². The summed E-state index contributed by atoms with van der Waals surface area (Å²) in [6.07, 6.45) is 0. The van der Waals surface area contributed by atoms with Gasteiger partial charge < -0.3 is 5.11 Å². The van der Waals surface area contributed by atoms with E-state index in [1.54, 1.807) is 26.0 Å². The van der Waals surface area contributed by atoms with E-state index in [4.69, 9.17) is 28.3 Å². The molecule has 0 spiro atoms. The minimum Gasteiger partial charge on any atom is -0.481 e. The van der Waals surface area contributed by atoms with E-state index in [1.165, 1.54) is 6.07 Å². The quantitative estimate of drug-likeness (QED) is 0.865. The van der Waals surface area contributed by atoms with E-state index in [1.807, 2.05) is 0 Å². The second kappa shape index (κ2) is 4.25. The lowest BCUT2D eigenvalue weighted by Crippen LogP contribution is -2.08. The maximum Gasteiger partial charge on any atom is 0.307 e. The average Bonchev–Trinajstić information content (AvgIpc) is 2.85. The van der Waals surface area contributed by atoms with Gasteiger partial charge >= 0.3 is 5.97 Å². The molecule has 96 valence electrons. The Bertz CT molecular complexity index is 537. The Balaban J connectivity index is 2.28. The number of hydrogen-bond acceptors (Lipinski definition) is 2. The summed E-state index contributed by atoms with van der Waals surface area (Å²) >= 11 is 11.6. The van der Waals surface area contributed by atoms with E-state index in [0.717, 1.165) is 0 Å². The molecule has 0 unspecified atom stereocenters. The summed E-state index contributed by atoms with van der Waals surface area (Å²) in [5.41, 5.74) is -0.0964. The zero-order valence-electron chi connectivity index (χ0n) is 9.91. The summed E-state index contributed by atoms with van der Waals surface area (Å²) in [6, 6.07) is 4.60. The maximum atomic E-state index is 12.2. The Morgan fingerprint density at radius 2 is 1.78 bits per heavy atom. The van der Waals surface area contributed by atoms with Gasteiger partial charge in [0.1, 0.15) is 0 Å². The van der Waals surface area contributed by atoms with E-state index in [9.17, 15) is 9.59 Å². The van der Waals surface area contributed by atoms with E-state index in [-0.39, 0.29) is 5.78 Å². The van der Waals surface area contributed by atoms with E-state index < -0.39 is 23.2 Å². The number of hydrogen-bond donors (Lipinski definition) is 1.